The monoisotopic (exact) mass is 342 g/mol. The molecule has 1 fully saturated rings. The van der Waals surface area contributed by atoms with Crippen molar-refractivity contribution < 1.29 is 14.0 Å². The van der Waals surface area contributed by atoms with Crippen molar-refractivity contribution in [3.8, 4) is 11.5 Å². The van der Waals surface area contributed by atoms with Gasteiger partial charge in [-0.2, -0.15) is 10.1 Å². The van der Waals surface area contributed by atoms with E-state index in [0.717, 1.165) is 29.6 Å². The zero-order valence-electron chi connectivity index (χ0n) is 14.8. The Morgan fingerprint density at radius 1 is 1.24 bits per heavy atom. The summed E-state index contributed by atoms with van der Waals surface area (Å²) in [6.45, 7) is 6.04. The van der Waals surface area contributed by atoms with Crippen LogP contribution < -0.4 is 0 Å². The Bertz CT molecular complexity index is 887. The third-order valence-electron chi connectivity index (χ3n) is 5.19. The summed E-state index contributed by atoms with van der Waals surface area (Å²) in [7, 11) is 1.70. The molecule has 0 radical (unpaired) electrons. The number of pyridine rings is 1. The molecule has 0 atom stereocenters. The number of aryl methyl sites for hydroxylation is 2. The summed E-state index contributed by atoms with van der Waals surface area (Å²) >= 11 is 0. The molecule has 0 aromatic carbocycles. The van der Waals surface area contributed by atoms with Crippen LogP contribution in [-0.4, -0.2) is 46.7 Å². The molecule has 0 amide bonds. The molecule has 1 aliphatic heterocycles. The molecule has 1 aliphatic rings. The van der Waals surface area contributed by atoms with Gasteiger partial charge in [0.05, 0.1) is 29.3 Å². The fraction of sp³-hybridized carbons (Fsp3) is 0.500. The maximum absolute atomic E-state index is 5.60. The van der Waals surface area contributed by atoms with Crippen LogP contribution in [0.5, 0.6) is 0 Å². The maximum atomic E-state index is 5.60. The lowest BCUT2D eigenvalue weighted by molar-refractivity contribution is 0.00915. The van der Waals surface area contributed by atoms with Crippen molar-refractivity contribution in [3.63, 3.8) is 0 Å². The van der Waals surface area contributed by atoms with E-state index in [1.54, 1.807) is 13.3 Å². The summed E-state index contributed by atoms with van der Waals surface area (Å²) in [6.07, 6.45) is 3.44. The second-order valence-corrected chi connectivity index (χ2v) is 6.71. The molecule has 132 valence electrons. The van der Waals surface area contributed by atoms with Gasteiger partial charge in [-0.05, 0) is 38.3 Å². The highest BCUT2D eigenvalue weighted by molar-refractivity contribution is 5.75. The first kappa shape index (κ1) is 16.2. The highest BCUT2D eigenvalue weighted by Crippen LogP contribution is 2.35. The van der Waals surface area contributed by atoms with Gasteiger partial charge in [-0.25, -0.2) is 4.52 Å². The first-order chi connectivity index (χ1) is 12.1. The molecule has 3 aromatic rings. The molecule has 25 heavy (non-hydrogen) atoms. The zero-order valence-corrected chi connectivity index (χ0v) is 14.8. The summed E-state index contributed by atoms with van der Waals surface area (Å²) in [5.41, 5.74) is 3.86. The molecule has 4 heterocycles. The average Bonchev–Trinajstić information content (AvgIpc) is 3.26. The van der Waals surface area contributed by atoms with E-state index >= 15 is 0 Å². The van der Waals surface area contributed by atoms with Gasteiger partial charge in [0.25, 0.3) is 5.89 Å². The van der Waals surface area contributed by atoms with Crippen LogP contribution in [0.15, 0.2) is 22.9 Å². The summed E-state index contributed by atoms with van der Waals surface area (Å²) in [5.74, 6) is 1.19. The van der Waals surface area contributed by atoms with Crippen LogP contribution in [0.3, 0.4) is 0 Å². The second kappa shape index (κ2) is 6.24. The molecule has 4 rings (SSSR count). The van der Waals surface area contributed by atoms with Crippen LogP contribution in [0.25, 0.3) is 17.0 Å². The van der Waals surface area contributed by atoms with E-state index in [2.05, 4.69) is 23.2 Å². The minimum Gasteiger partial charge on any atom is -0.384 e. The van der Waals surface area contributed by atoms with Crippen molar-refractivity contribution in [3.05, 3.63) is 35.4 Å². The van der Waals surface area contributed by atoms with Crippen molar-refractivity contribution in [2.45, 2.75) is 32.1 Å². The summed E-state index contributed by atoms with van der Waals surface area (Å²) < 4.78 is 18.5. The van der Waals surface area contributed by atoms with E-state index < -0.39 is 0 Å². The normalized spacial score (nSPS) is 17.2. The Hall–Kier alpha value is -2.25. The molecule has 0 saturated carbocycles. The van der Waals surface area contributed by atoms with E-state index in [1.165, 1.54) is 5.56 Å². The van der Waals surface area contributed by atoms with Crippen molar-refractivity contribution >= 4 is 5.52 Å². The molecule has 3 aromatic heterocycles. The fourth-order valence-electron chi connectivity index (χ4n) is 3.46. The minimum absolute atomic E-state index is 0.246. The van der Waals surface area contributed by atoms with Crippen LogP contribution in [-0.2, 0) is 14.9 Å². The number of hydrogen-bond acceptors (Lipinski definition) is 6. The zero-order chi connectivity index (χ0) is 17.4. The Labute approximate surface area is 145 Å². The van der Waals surface area contributed by atoms with Crippen LogP contribution in [0.1, 0.15) is 29.9 Å². The van der Waals surface area contributed by atoms with E-state index in [1.807, 2.05) is 17.5 Å². The number of methoxy groups -OCH3 is 1. The highest BCUT2D eigenvalue weighted by Gasteiger charge is 2.39. The number of nitrogens with zero attached hydrogens (tertiary/aromatic N) is 4. The standard InChI is InChI=1S/C18H22N4O3/c1-12-4-5-15-14(10-19-22(15)13(12)2)16-20-17(21-25-16)18(11-23-3)6-8-24-9-7-18/h4-5,10H,6-9,11H2,1-3H3. The van der Waals surface area contributed by atoms with Crippen molar-refractivity contribution in [2.24, 2.45) is 0 Å². The molecule has 0 N–H and O–H groups in total. The summed E-state index contributed by atoms with van der Waals surface area (Å²) in [4.78, 5) is 4.70. The molecule has 0 unspecified atom stereocenters. The summed E-state index contributed by atoms with van der Waals surface area (Å²) in [6, 6.07) is 4.12. The molecule has 1 saturated heterocycles. The van der Waals surface area contributed by atoms with E-state index in [4.69, 9.17) is 19.0 Å². The quantitative estimate of drug-likeness (QED) is 0.726. The maximum Gasteiger partial charge on any atom is 0.261 e. The Balaban J connectivity index is 1.75. The Kier molecular flexibility index (Phi) is 4.05. The lowest BCUT2D eigenvalue weighted by Crippen LogP contribution is -2.39. The van der Waals surface area contributed by atoms with E-state index in [0.29, 0.717) is 31.5 Å². The van der Waals surface area contributed by atoms with Gasteiger partial charge in [-0.15, -0.1) is 0 Å². The van der Waals surface area contributed by atoms with Gasteiger partial charge in [-0.3, -0.25) is 0 Å². The Morgan fingerprint density at radius 2 is 2.04 bits per heavy atom. The van der Waals surface area contributed by atoms with Crippen LogP contribution >= 0.6 is 0 Å². The SMILES string of the molecule is COCC1(c2noc(-c3cnn4c(C)c(C)ccc34)n2)CCOCC1. The largest absolute Gasteiger partial charge is 0.384 e. The topological polar surface area (TPSA) is 74.7 Å². The number of ether oxygens (including phenoxy) is 2. The average molecular weight is 342 g/mol. The number of rotatable bonds is 4. The molecule has 0 aliphatic carbocycles. The van der Waals surface area contributed by atoms with Gasteiger partial charge < -0.3 is 14.0 Å². The van der Waals surface area contributed by atoms with Crippen molar-refractivity contribution in [1.82, 2.24) is 19.8 Å². The van der Waals surface area contributed by atoms with Gasteiger partial charge in [0.2, 0.25) is 0 Å². The fourth-order valence-corrected chi connectivity index (χ4v) is 3.46. The third kappa shape index (κ3) is 2.63. The second-order valence-electron chi connectivity index (χ2n) is 6.71. The van der Waals surface area contributed by atoms with Crippen LogP contribution in [0, 0.1) is 13.8 Å². The molecule has 7 heteroatoms. The highest BCUT2D eigenvalue weighted by atomic mass is 16.5. The van der Waals surface area contributed by atoms with Crippen LogP contribution in [0.2, 0.25) is 0 Å². The lowest BCUT2D eigenvalue weighted by atomic mass is 9.80. The van der Waals surface area contributed by atoms with E-state index in [9.17, 15) is 0 Å². The van der Waals surface area contributed by atoms with Gasteiger partial charge >= 0.3 is 0 Å². The molecule has 7 nitrogen and oxygen atoms in total. The number of fused-ring (bicyclic) bond motifs is 1. The molecule has 0 spiro atoms. The number of hydrogen-bond donors (Lipinski definition) is 0. The van der Waals surface area contributed by atoms with Crippen molar-refractivity contribution in [2.75, 3.05) is 26.9 Å². The third-order valence-corrected chi connectivity index (χ3v) is 5.19. The van der Waals surface area contributed by atoms with Gasteiger partial charge in [-0.1, -0.05) is 11.2 Å². The summed E-state index contributed by atoms with van der Waals surface area (Å²) in [5, 5.41) is 8.75. The van der Waals surface area contributed by atoms with Crippen molar-refractivity contribution in [1.29, 1.82) is 0 Å². The van der Waals surface area contributed by atoms with Gasteiger partial charge in [0, 0.05) is 26.0 Å². The lowest BCUT2D eigenvalue weighted by Gasteiger charge is -2.33. The molecule has 0 bridgehead atoms. The van der Waals surface area contributed by atoms with E-state index in [-0.39, 0.29) is 5.41 Å². The van der Waals surface area contributed by atoms with Gasteiger partial charge in [0.1, 0.15) is 0 Å². The minimum atomic E-state index is -0.246. The van der Waals surface area contributed by atoms with Gasteiger partial charge in [0.15, 0.2) is 5.82 Å². The predicted octanol–water partition coefficient (Wildman–Crippen LogP) is 2.70. The smallest absolute Gasteiger partial charge is 0.261 e. The first-order valence-electron chi connectivity index (χ1n) is 8.50. The van der Waals surface area contributed by atoms with Crippen LogP contribution in [0.4, 0.5) is 0 Å². The molecular weight excluding hydrogens is 320 g/mol. The number of aromatic nitrogens is 4. The predicted molar refractivity (Wildman–Crippen MR) is 91.6 cm³/mol. The first-order valence-corrected chi connectivity index (χ1v) is 8.50. The Morgan fingerprint density at radius 3 is 2.80 bits per heavy atom. The molecular formula is C18H22N4O3.